The van der Waals surface area contributed by atoms with Crippen molar-refractivity contribution >= 4 is 14.0 Å². The van der Waals surface area contributed by atoms with E-state index in [1.54, 1.807) is 12.1 Å². The molecule has 1 aliphatic heterocycles. The zero-order valence-electron chi connectivity index (χ0n) is 21.1. The summed E-state index contributed by atoms with van der Waals surface area (Å²) in [4.78, 5) is 12.2. The molecule has 1 heterocycles. The van der Waals surface area contributed by atoms with Crippen LogP contribution in [0.3, 0.4) is 0 Å². The number of aryl methyl sites for hydroxylation is 1. The van der Waals surface area contributed by atoms with Crippen LogP contribution < -0.4 is 0 Å². The maximum Gasteiger partial charge on any atom is 0.442 e. The number of rotatable bonds is 13. The summed E-state index contributed by atoms with van der Waals surface area (Å²) in [6.45, 7) is 6.70. The van der Waals surface area contributed by atoms with E-state index in [0.717, 1.165) is 44.1 Å². The number of esters is 1. The molecule has 2 rings (SSSR count). The molecule has 0 radical (unpaired) electrons. The number of carbonyl (C=O) groups is 1. The molecule has 1 aliphatic rings. The van der Waals surface area contributed by atoms with Gasteiger partial charge in [0.25, 0.3) is 0 Å². The second-order valence-corrected chi connectivity index (χ2v) is 14.9. The molecule has 9 heteroatoms. The number of benzene rings is 1. The Morgan fingerprint density at radius 3 is 2.20 bits per heavy atom. The van der Waals surface area contributed by atoms with Crippen LogP contribution >= 0.6 is 0 Å². The van der Waals surface area contributed by atoms with Crippen molar-refractivity contribution in [3.05, 3.63) is 35.4 Å². The summed E-state index contributed by atoms with van der Waals surface area (Å²) in [7, 11) is 0.0155. The Labute approximate surface area is 207 Å². The predicted molar refractivity (Wildman–Crippen MR) is 132 cm³/mol. The highest BCUT2D eigenvalue weighted by atomic mass is 28.3. The van der Waals surface area contributed by atoms with Crippen molar-refractivity contribution in [2.24, 2.45) is 16.1 Å². The molecule has 0 saturated carbocycles. The summed E-state index contributed by atoms with van der Waals surface area (Å²) >= 11 is 0. The van der Waals surface area contributed by atoms with Crippen LogP contribution in [0.1, 0.15) is 62.5 Å². The van der Waals surface area contributed by atoms with Gasteiger partial charge in [-0.1, -0.05) is 69.6 Å². The van der Waals surface area contributed by atoms with Crippen LogP contribution in [0.25, 0.3) is 0 Å². The van der Waals surface area contributed by atoms with Crippen molar-refractivity contribution in [2.45, 2.75) is 95.4 Å². The molecule has 1 N–H and O–H groups in total. The average Bonchev–Trinajstić information content (AvgIpc) is 3.60. The number of halogens is 3. The van der Waals surface area contributed by atoms with Gasteiger partial charge in [-0.3, -0.25) is 4.79 Å². The first-order chi connectivity index (χ1) is 16.4. The van der Waals surface area contributed by atoms with E-state index in [2.05, 4.69) is 41.3 Å². The van der Waals surface area contributed by atoms with Gasteiger partial charge < -0.3 is 9.84 Å². The fourth-order valence-electron chi connectivity index (χ4n) is 3.92. The fourth-order valence-corrected chi connectivity index (χ4v) is 4.57. The Balaban J connectivity index is 1.75. The van der Waals surface area contributed by atoms with E-state index in [9.17, 15) is 23.1 Å². The van der Waals surface area contributed by atoms with Crippen LogP contribution in [0.4, 0.5) is 13.2 Å². The van der Waals surface area contributed by atoms with E-state index < -0.39 is 37.9 Å². The van der Waals surface area contributed by atoms with Crippen LogP contribution in [-0.4, -0.2) is 38.5 Å². The number of carbonyl (C=O) groups excluding carboxylic acids is 1. The Bertz CT molecular complexity index is 909. The van der Waals surface area contributed by atoms with E-state index in [0.29, 0.717) is 19.3 Å². The monoisotopic (exact) mass is 510 g/mol. The summed E-state index contributed by atoms with van der Waals surface area (Å²) in [6.07, 6.45) is 1.80. The van der Waals surface area contributed by atoms with Gasteiger partial charge in [-0.05, 0) is 31.2 Å². The smallest absolute Gasteiger partial charge is 0.442 e. The summed E-state index contributed by atoms with van der Waals surface area (Å²) in [6, 6.07) is 5.90. The summed E-state index contributed by atoms with van der Waals surface area (Å²) in [5.74, 6) is 2.23. The van der Waals surface area contributed by atoms with E-state index >= 15 is 0 Å². The Hall–Kier alpha value is -2.18. The van der Waals surface area contributed by atoms with Gasteiger partial charge in [-0.15, -0.1) is 21.7 Å². The first kappa shape index (κ1) is 29.0. The number of nitrogens with zero attached hydrogens (tertiary/aromatic N) is 2. The number of aliphatic hydroxyl groups excluding tert-OH is 1. The molecule has 2 atom stereocenters. The molecule has 1 aromatic rings. The van der Waals surface area contributed by atoms with Crippen molar-refractivity contribution in [1.29, 1.82) is 0 Å². The number of alkyl halides is 3. The maximum absolute atomic E-state index is 13.1. The minimum absolute atomic E-state index is 0.0233. The molecule has 5 nitrogen and oxygen atoms in total. The van der Waals surface area contributed by atoms with Gasteiger partial charge >= 0.3 is 17.8 Å². The lowest BCUT2D eigenvalue weighted by molar-refractivity contribution is -0.166. The largest absolute Gasteiger partial charge is 0.469 e. The Morgan fingerprint density at radius 1 is 1.06 bits per heavy atom. The summed E-state index contributed by atoms with van der Waals surface area (Å²) in [5, 5.41) is 17.1. The van der Waals surface area contributed by atoms with Crippen LogP contribution in [0.15, 0.2) is 34.5 Å². The van der Waals surface area contributed by atoms with Gasteiger partial charge in [0, 0.05) is 12.0 Å². The third-order valence-corrected chi connectivity index (χ3v) is 6.96. The van der Waals surface area contributed by atoms with Crippen LogP contribution in [-0.2, 0) is 21.6 Å². The highest BCUT2D eigenvalue weighted by Crippen LogP contribution is 2.52. The predicted octanol–water partition coefficient (Wildman–Crippen LogP) is 6.56. The molecule has 0 fully saturated rings. The van der Waals surface area contributed by atoms with Gasteiger partial charge in [0.05, 0.1) is 19.1 Å². The lowest BCUT2D eigenvalue weighted by Gasteiger charge is -2.21. The molecule has 0 aromatic heterocycles. The minimum atomic E-state index is -4.56. The number of hydrogen-bond acceptors (Lipinski definition) is 5. The maximum atomic E-state index is 13.1. The van der Waals surface area contributed by atoms with E-state index in [1.807, 2.05) is 0 Å². The van der Waals surface area contributed by atoms with Crippen molar-refractivity contribution in [1.82, 2.24) is 0 Å². The van der Waals surface area contributed by atoms with Crippen molar-refractivity contribution in [2.75, 3.05) is 7.11 Å². The van der Waals surface area contributed by atoms with Crippen molar-refractivity contribution < 1.29 is 27.8 Å². The minimum Gasteiger partial charge on any atom is -0.469 e. The van der Waals surface area contributed by atoms with E-state index in [-0.39, 0.29) is 5.56 Å². The second-order valence-electron chi connectivity index (χ2n) is 10.2. The molecule has 0 aliphatic carbocycles. The third-order valence-electron chi connectivity index (χ3n) is 6.03. The lowest BCUT2D eigenvalue weighted by atomic mass is 9.91. The van der Waals surface area contributed by atoms with Gasteiger partial charge in [-0.2, -0.15) is 13.2 Å². The number of methoxy groups -OCH3 is 1. The van der Waals surface area contributed by atoms with Gasteiger partial charge in [-0.25, -0.2) is 0 Å². The van der Waals surface area contributed by atoms with E-state index in [4.69, 9.17) is 4.74 Å². The highest BCUT2D eigenvalue weighted by molar-refractivity contribution is 6.83. The zero-order valence-corrected chi connectivity index (χ0v) is 22.1. The third kappa shape index (κ3) is 9.08. The fraction of sp³-hybridized carbons (Fsp3) is 0.654. The quantitative estimate of drug-likeness (QED) is 0.141. The van der Waals surface area contributed by atoms with Crippen molar-refractivity contribution in [3.8, 4) is 11.5 Å². The molecule has 0 unspecified atom stereocenters. The zero-order chi connectivity index (χ0) is 26.1. The van der Waals surface area contributed by atoms with E-state index in [1.165, 1.54) is 19.2 Å². The van der Waals surface area contributed by atoms with Crippen LogP contribution in [0, 0.1) is 17.4 Å². The van der Waals surface area contributed by atoms with Gasteiger partial charge in [0.15, 0.2) is 0 Å². The SMILES string of the molecule is COC(=O)[C@H](CCCCCCCC#C[Si](C)(C)C)[C@H](O)CCc1ccc(C2(C(F)(F)F)N=N2)cc1. The Kier molecular flexibility index (Phi) is 10.5. The van der Waals surface area contributed by atoms with Crippen molar-refractivity contribution in [3.63, 3.8) is 0 Å². The molecule has 1 aromatic carbocycles. The molecule has 0 saturated heterocycles. The normalized spacial score (nSPS) is 16.2. The average molecular weight is 511 g/mol. The lowest BCUT2D eigenvalue weighted by Crippen LogP contribution is -2.30. The standard InChI is InChI=1S/C26H37F3N2O3Si/c1-34-24(33)22(12-10-8-6-5-7-9-11-19-35(2,3)4)23(32)18-15-20-13-16-21(17-14-20)25(30-31-25)26(27,28)29/h13-14,16-17,22-23,32H,5-10,12,15,18H2,1-4H3/t22-,23-/m1/s1. The highest BCUT2D eigenvalue weighted by Gasteiger charge is 2.65. The number of ether oxygens (including phenoxy) is 1. The molecule has 0 bridgehead atoms. The van der Waals surface area contributed by atoms with Crippen LogP contribution in [0.2, 0.25) is 19.6 Å². The second kappa shape index (κ2) is 12.7. The molecule has 194 valence electrons. The molecular formula is C26H37F3N2O3Si. The summed E-state index contributed by atoms with van der Waals surface area (Å²) < 4.78 is 44.3. The molecule has 35 heavy (non-hydrogen) atoms. The number of aliphatic hydroxyl groups is 1. The van der Waals surface area contributed by atoms with Gasteiger partial charge in [0.1, 0.15) is 8.07 Å². The summed E-state index contributed by atoms with van der Waals surface area (Å²) in [5.41, 5.74) is 1.69. The molecular weight excluding hydrogens is 473 g/mol. The van der Waals surface area contributed by atoms with Gasteiger partial charge in [0.2, 0.25) is 0 Å². The molecule has 0 amide bonds. The first-order valence-corrected chi connectivity index (χ1v) is 15.8. The topological polar surface area (TPSA) is 71.2 Å². The first-order valence-electron chi connectivity index (χ1n) is 12.3. The number of unbranched alkanes of at least 4 members (excludes halogenated alkanes) is 5. The number of hydrogen-bond donors (Lipinski definition) is 1. The van der Waals surface area contributed by atoms with Crippen LogP contribution in [0.5, 0.6) is 0 Å². The Morgan fingerprint density at radius 2 is 1.66 bits per heavy atom. The molecule has 0 spiro atoms.